The van der Waals surface area contributed by atoms with Gasteiger partial charge in [-0.05, 0) is 18.8 Å². The molecule has 0 heterocycles. The molecule has 6 heteroatoms. The van der Waals surface area contributed by atoms with Gasteiger partial charge in [-0.25, -0.2) is 9.59 Å². The van der Waals surface area contributed by atoms with Gasteiger partial charge in [-0.1, -0.05) is 26.7 Å². The van der Waals surface area contributed by atoms with E-state index in [4.69, 9.17) is 10.2 Å². The number of aliphatic hydroxyl groups excluding tert-OH is 1. The fourth-order valence-electron chi connectivity index (χ4n) is 2.42. The zero-order valence-electron chi connectivity index (χ0n) is 11.6. The molecule has 1 aliphatic carbocycles. The summed E-state index contributed by atoms with van der Waals surface area (Å²) < 4.78 is 0. The van der Waals surface area contributed by atoms with Crippen molar-refractivity contribution >= 4 is 12.0 Å². The van der Waals surface area contributed by atoms with Gasteiger partial charge in [0.15, 0.2) is 6.04 Å². The van der Waals surface area contributed by atoms with Crippen molar-refractivity contribution in [2.24, 2.45) is 5.92 Å². The summed E-state index contributed by atoms with van der Waals surface area (Å²) in [5.41, 5.74) is 0. The van der Waals surface area contributed by atoms with Crippen LogP contribution in [0.2, 0.25) is 0 Å². The van der Waals surface area contributed by atoms with Crippen LogP contribution in [0.4, 0.5) is 4.79 Å². The van der Waals surface area contributed by atoms with Crippen LogP contribution >= 0.6 is 0 Å². The summed E-state index contributed by atoms with van der Waals surface area (Å²) in [6, 6.07) is -1.43. The monoisotopic (exact) mass is 272 g/mol. The SMILES string of the molecule is CC(C)CN(C(=O)N[C@H](CO)C(=O)O)C1CCCC1. The second-order valence-corrected chi connectivity index (χ2v) is 5.51. The third-order valence-electron chi connectivity index (χ3n) is 3.37. The van der Waals surface area contributed by atoms with Crippen molar-refractivity contribution in [3.63, 3.8) is 0 Å². The Balaban J connectivity index is 2.67. The normalized spacial score (nSPS) is 17.5. The molecule has 110 valence electrons. The van der Waals surface area contributed by atoms with Crippen LogP contribution in [0.5, 0.6) is 0 Å². The van der Waals surface area contributed by atoms with E-state index in [1.165, 1.54) is 0 Å². The van der Waals surface area contributed by atoms with E-state index in [0.717, 1.165) is 25.7 Å². The number of rotatable bonds is 6. The average Bonchev–Trinajstić information content (AvgIpc) is 2.85. The van der Waals surface area contributed by atoms with Gasteiger partial charge in [0.2, 0.25) is 0 Å². The first-order valence-electron chi connectivity index (χ1n) is 6.86. The lowest BCUT2D eigenvalue weighted by atomic mass is 10.1. The van der Waals surface area contributed by atoms with Gasteiger partial charge in [0.25, 0.3) is 0 Å². The van der Waals surface area contributed by atoms with E-state index < -0.39 is 18.6 Å². The van der Waals surface area contributed by atoms with Gasteiger partial charge < -0.3 is 20.4 Å². The second-order valence-electron chi connectivity index (χ2n) is 5.51. The van der Waals surface area contributed by atoms with Crippen LogP contribution in [0.3, 0.4) is 0 Å². The highest BCUT2D eigenvalue weighted by atomic mass is 16.4. The molecule has 0 aromatic rings. The summed E-state index contributed by atoms with van der Waals surface area (Å²) in [5.74, 6) is -0.893. The number of amides is 2. The first-order valence-corrected chi connectivity index (χ1v) is 6.86. The molecule has 19 heavy (non-hydrogen) atoms. The number of hydrogen-bond donors (Lipinski definition) is 3. The molecule has 3 N–H and O–H groups in total. The molecule has 1 aliphatic rings. The number of hydrogen-bond acceptors (Lipinski definition) is 3. The topological polar surface area (TPSA) is 89.9 Å². The first kappa shape index (κ1) is 15.8. The number of carboxylic acid groups (broad SMARTS) is 1. The lowest BCUT2D eigenvalue weighted by Gasteiger charge is -2.31. The molecule has 6 nitrogen and oxygen atoms in total. The van der Waals surface area contributed by atoms with E-state index in [0.29, 0.717) is 12.5 Å². The van der Waals surface area contributed by atoms with Crippen molar-refractivity contribution in [3.05, 3.63) is 0 Å². The number of urea groups is 1. The molecule has 2 amide bonds. The summed E-state index contributed by atoms with van der Waals surface area (Å²) >= 11 is 0. The van der Waals surface area contributed by atoms with Crippen LogP contribution in [0.15, 0.2) is 0 Å². The molecule has 0 saturated heterocycles. The lowest BCUT2D eigenvalue weighted by Crippen LogP contribution is -2.53. The number of nitrogens with zero attached hydrogens (tertiary/aromatic N) is 1. The minimum Gasteiger partial charge on any atom is -0.480 e. The molecule has 1 fully saturated rings. The predicted molar refractivity (Wildman–Crippen MR) is 70.8 cm³/mol. The number of aliphatic hydroxyl groups is 1. The molecule has 1 atom stereocenters. The van der Waals surface area contributed by atoms with Crippen LogP contribution in [0.25, 0.3) is 0 Å². The fourth-order valence-corrected chi connectivity index (χ4v) is 2.42. The Morgan fingerprint density at radius 2 is 1.89 bits per heavy atom. The number of carbonyl (C=O) groups excluding carboxylic acids is 1. The number of carbonyl (C=O) groups is 2. The maximum Gasteiger partial charge on any atom is 0.328 e. The summed E-state index contributed by atoms with van der Waals surface area (Å²) in [6.07, 6.45) is 4.15. The highest BCUT2D eigenvalue weighted by Gasteiger charge is 2.29. The Morgan fingerprint density at radius 1 is 1.32 bits per heavy atom. The van der Waals surface area contributed by atoms with E-state index >= 15 is 0 Å². The molecule has 0 unspecified atom stereocenters. The Hall–Kier alpha value is -1.30. The van der Waals surface area contributed by atoms with Crippen LogP contribution in [0, 0.1) is 5.92 Å². The largest absolute Gasteiger partial charge is 0.480 e. The van der Waals surface area contributed by atoms with Gasteiger partial charge in [-0.3, -0.25) is 0 Å². The smallest absolute Gasteiger partial charge is 0.328 e. The third-order valence-corrected chi connectivity index (χ3v) is 3.37. The number of aliphatic carboxylic acids is 1. The van der Waals surface area contributed by atoms with E-state index in [-0.39, 0.29) is 12.1 Å². The van der Waals surface area contributed by atoms with Crippen molar-refractivity contribution < 1.29 is 19.8 Å². The minimum atomic E-state index is -1.23. The highest BCUT2D eigenvalue weighted by molar-refractivity contribution is 5.82. The van der Waals surface area contributed by atoms with Crippen LogP contribution in [-0.2, 0) is 4.79 Å². The zero-order valence-corrected chi connectivity index (χ0v) is 11.6. The van der Waals surface area contributed by atoms with Crippen LogP contribution in [0.1, 0.15) is 39.5 Å². The van der Waals surface area contributed by atoms with Crippen LogP contribution < -0.4 is 5.32 Å². The molecule has 1 rings (SSSR count). The molecule has 0 aromatic heterocycles. The second kappa shape index (κ2) is 7.33. The van der Waals surface area contributed by atoms with Gasteiger partial charge in [-0.15, -0.1) is 0 Å². The third kappa shape index (κ3) is 4.70. The molecule has 0 radical (unpaired) electrons. The van der Waals surface area contributed by atoms with Crippen molar-refractivity contribution in [1.82, 2.24) is 10.2 Å². The molecular formula is C13H24N2O4. The Bertz CT molecular complexity index is 314. The van der Waals surface area contributed by atoms with Crippen molar-refractivity contribution in [3.8, 4) is 0 Å². The van der Waals surface area contributed by atoms with Gasteiger partial charge in [0.1, 0.15) is 0 Å². The molecular weight excluding hydrogens is 248 g/mol. The summed E-state index contributed by atoms with van der Waals surface area (Å²) in [4.78, 5) is 24.7. The number of carboxylic acids is 1. The standard InChI is InChI=1S/C13H24N2O4/c1-9(2)7-15(10-5-3-4-6-10)13(19)14-11(8-16)12(17)18/h9-11,16H,3-8H2,1-2H3,(H,14,19)(H,17,18)/t11-/m1/s1. The number of nitrogens with one attached hydrogen (secondary N) is 1. The maximum atomic E-state index is 12.2. The quantitative estimate of drug-likeness (QED) is 0.674. The summed E-state index contributed by atoms with van der Waals surface area (Å²) in [6.45, 7) is 4.06. The Labute approximate surface area is 113 Å². The van der Waals surface area contributed by atoms with Crippen molar-refractivity contribution in [2.75, 3.05) is 13.2 Å². The predicted octanol–water partition coefficient (Wildman–Crippen LogP) is 1.04. The Morgan fingerprint density at radius 3 is 2.32 bits per heavy atom. The molecule has 1 saturated carbocycles. The van der Waals surface area contributed by atoms with Gasteiger partial charge in [0, 0.05) is 12.6 Å². The minimum absolute atomic E-state index is 0.190. The summed E-state index contributed by atoms with van der Waals surface area (Å²) in [7, 11) is 0. The van der Waals surface area contributed by atoms with Gasteiger partial charge in [0.05, 0.1) is 6.61 Å². The van der Waals surface area contributed by atoms with Crippen molar-refractivity contribution in [1.29, 1.82) is 0 Å². The van der Waals surface area contributed by atoms with Gasteiger partial charge >= 0.3 is 12.0 Å². The van der Waals surface area contributed by atoms with Gasteiger partial charge in [-0.2, -0.15) is 0 Å². The Kier molecular flexibility index (Phi) is 6.08. The van der Waals surface area contributed by atoms with E-state index in [9.17, 15) is 9.59 Å². The lowest BCUT2D eigenvalue weighted by molar-refractivity contribution is -0.140. The maximum absolute atomic E-state index is 12.2. The van der Waals surface area contributed by atoms with E-state index in [2.05, 4.69) is 5.32 Å². The molecule has 0 aliphatic heterocycles. The summed E-state index contributed by atoms with van der Waals surface area (Å²) in [5, 5.41) is 20.2. The van der Waals surface area contributed by atoms with E-state index in [1.54, 1.807) is 4.90 Å². The van der Waals surface area contributed by atoms with Crippen molar-refractivity contribution in [2.45, 2.75) is 51.6 Å². The van der Waals surface area contributed by atoms with E-state index in [1.807, 2.05) is 13.8 Å². The first-order chi connectivity index (χ1) is 8.95. The van der Waals surface area contributed by atoms with Crippen LogP contribution in [-0.4, -0.2) is 52.3 Å². The average molecular weight is 272 g/mol. The molecule has 0 aromatic carbocycles. The zero-order chi connectivity index (χ0) is 14.4. The highest BCUT2D eigenvalue weighted by Crippen LogP contribution is 2.24. The molecule has 0 spiro atoms. The molecule has 0 bridgehead atoms. The fraction of sp³-hybridized carbons (Fsp3) is 0.846.